The summed E-state index contributed by atoms with van der Waals surface area (Å²) in [7, 11) is 0. The SMILES string of the molecule is CC.Cc1cccc(Oc2cccc(Oc3ccccc3)c2)c1. The number of ether oxygens (including phenoxy) is 2. The zero-order valence-electron chi connectivity index (χ0n) is 13.8. The Balaban J connectivity index is 0.000000924. The summed E-state index contributed by atoms with van der Waals surface area (Å²) in [6.45, 7) is 6.04. The molecule has 0 fully saturated rings. The minimum atomic E-state index is 0.756. The summed E-state index contributed by atoms with van der Waals surface area (Å²) in [5.41, 5.74) is 1.17. The van der Waals surface area contributed by atoms with Crippen LogP contribution in [-0.4, -0.2) is 0 Å². The molecule has 3 rings (SSSR count). The van der Waals surface area contributed by atoms with E-state index in [-0.39, 0.29) is 0 Å². The molecule has 3 aromatic carbocycles. The molecule has 0 radical (unpaired) electrons. The summed E-state index contributed by atoms with van der Waals surface area (Å²) >= 11 is 0. The molecule has 0 aliphatic rings. The number of hydrogen-bond acceptors (Lipinski definition) is 2. The molecule has 0 unspecified atom stereocenters. The fourth-order valence-corrected chi connectivity index (χ4v) is 2.04. The number of hydrogen-bond donors (Lipinski definition) is 0. The molecule has 0 N–H and O–H groups in total. The Labute approximate surface area is 138 Å². The van der Waals surface area contributed by atoms with Gasteiger partial charge in [-0.05, 0) is 48.9 Å². The smallest absolute Gasteiger partial charge is 0.131 e. The van der Waals surface area contributed by atoms with Crippen molar-refractivity contribution in [1.82, 2.24) is 0 Å². The predicted octanol–water partition coefficient (Wildman–Crippen LogP) is 6.61. The number of aryl methyl sites for hydroxylation is 1. The van der Waals surface area contributed by atoms with Gasteiger partial charge in [0.1, 0.15) is 23.0 Å². The van der Waals surface area contributed by atoms with Gasteiger partial charge in [0, 0.05) is 6.07 Å². The molecule has 0 aliphatic carbocycles. The third kappa shape index (κ3) is 5.19. The van der Waals surface area contributed by atoms with Crippen LogP contribution < -0.4 is 9.47 Å². The van der Waals surface area contributed by atoms with Gasteiger partial charge in [-0.2, -0.15) is 0 Å². The van der Waals surface area contributed by atoms with E-state index in [0.29, 0.717) is 0 Å². The lowest BCUT2D eigenvalue weighted by atomic mass is 10.2. The lowest BCUT2D eigenvalue weighted by Crippen LogP contribution is -1.87. The molecule has 3 aromatic rings. The molecule has 23 heavy (non-hydrogen) atoms. The molecule has 0 bridgehead atoms. The van der Waals surface area contributed by atoms with Gasteiger partial charge in [0.2, 0.25) is 0 Å². The first kappa shape index (κ1) is 16.6. The molecule has 0 saturated carbocycles. The van der Waals surface area contributed by atoms with Crippen LogP contribution in [0.5, 0.6) is 23.0 Å². The van der Waals surface area contributed by atoms with Crippen molar-refractivity contribution in [3.8, 4) is 23.0 Å². The molecule has 0 atom stereocenters. The summed E-state index contributed by atoms with van der Waals surface area (Å²) in [6, 6.07) is 25.3. The van der Waals surface area contributed by atoms with E-state index >= 15 is 0 Å². The molecule has 0 aromatic heterocycles. The van der Waals surface area contributed by atoms with E-state index in [1.807, 2.05) is 99.6 Å². The number of rotatable bonds is 4. The van der Waals surface area contributed by atoms with Crippen LogP contribution in [0.4, 0.5) is 0 Å². The Morgan fingerprint density at radius 1 is 0.522 bits per heavy atom. The molecule has 0 aliphatic heterocycles. The fraction of sp³-hybridized carbons (Fsp3) is 0.143. The predicted molar refractivity (Wildman–Crippen MR) is 95.6 cm³/mol. The molecule has 2 nitrogen and oxygen atoms in total. The fourth-order valence-electron chi connectivity index (χ4n) is 2.04. The summed E-state index contributed by atoms with van der Waals surface area (Å²) < 4.78 is 11.7. The Bertz CT molecular complexity index is 721. The van der Waals surface area contributed by atoms with E-state index in [9.17, 15) is 0 Å². The second-order valence-corrected chi connectivity index (χ2v) is 4.81. The molecule has 0 amide bonds. The van der Waals surface area contributed by atoms with Crippen molar-refractivity contribution in [3.05, 3.63) is 84.4 Å². The normalized spacial score (nSPS) is 9.52. The molecule has 2 heteroatoms. The van der Waals surface area contributed by atoms with Crippen molar-refractivity contribution in [2.45, 2.75) is 20.8 Å². The van der Waals surface area contributed by atoms with Crippen LogP contribution in [-0.2, 0) is 0 Å². The van der Waals surface area contributed by atoms with Crippen LogP contribution in [0, 0.1) is 6.92 Å². The quantitative estimate of drug-likeness (QED) is 0.540. The van der Waals surface area contributed by atoms with Crippen LogP contribution in [0.25, 0.3) is 0 Å². The van der Waals surface area contributed by atoms with Crippen molar-refractivity contribution in [1.29, 1.82) is 0 Å². The van der Waals surface area contributed by atoms with Gasteiger partial charge in [0.15, 0.2) is 0 Å². The topological polar surface area (TPSA) is 18.5 Å². The van der Waals surface area contributed by atoms with Crippen molar-refractivity contribution < 1.29 is 9.47 Å². The van der Waals surface area contributed by atoms with E-state index in [0.717, 1.165) is 23.0 Å². The number of benzene rings is 3. The van der Waals surface area contributed by atoms with E-state index < -0.39 is 0 Å². The summed E-state index contributed by atoms with van der Waals surface area (Å²) in [6.07, 6.45) is 0. The first-order valence-electron chi connectivity index (χ1n) is 7.87. The maximum Gasteiger partial charge on any atom is 0.131 e. The van der Waals surface area contributed by atoms with Gasteiger partial charge in [0.25, 0.3) is 0 Å². The first-order chi connectivity index (χ1) is 11.3. The van der Waals surface area contributed by atoms with Crippen molar-refractivity contribution in [2.24, 2.45) is 0 Å². The lowest BCUT2D eigenvalue weighted by molar-refractivity contribution is 0.460. The van der Waals surface area contributed by atoms with Gasteiger partial charge in [-0.1, -0.05) is 50.2 Å². The summed E-state index contributed by atoms with van der Waals surface area (Å²) in [5, 5.41) is 0. The maximum absolute atomic E-state index is 5.86. The Kier molecular flexibility index (Phi) is 6.25. The minimum absolute atomic E-state index is 0.756. The third-order valence-electron chi connectivity index (χ3n) is 3.01. The Hall–Kier alpha value is -2.74. The van der Waals surface area contributed by atoms with Crippen molar-refractivity contribution >= 4 is 0 Å². The van der Waals surface area contributed by atoms with Gasteiger partial charge in [-0.15, -0.1) is 0 Å². The molecular weight excluding hydrogens is 284 g/mol. The average molecular weight is 306 g/mol. The monoisotopic (exact) mass is 306 g/mol. The van der Waals surface area contributed by atoms with Crippen LogP contribution >= 0.6 is 0 Å². The lowest BCUT2D eigenvalue weighted by Gasteiger charge is -2.09. The Morgan fingerprint density at radius 3 is 1.61 bits per heavy atom. The molecule has 0 heterocycles. The van der Waals surface area contributed by atoms with Crippen LogP contribution in [0.2, 0.25) is 0 Å². The van der Waals surface area contributed by atoms with Crippen LogP contribution in [0.1, 0.15) is 19.4 Å². The van der Waals surface area contributed by atoms with Gasteiger partial charge >= 0.3 is 0 Å². The highest BCUT2D eigenvalue weighted by atomic mass is 16.5. The molecular formula is C21H22O2. The van der Waals surface area contributed by atoms with E-state index in [2.05, 4.69) is 0 Å². The standard InChI is InChI=1S/C19H16O2.C2H6/c1-15-7-5-10-17(13-15)21-19-12-6-11-18(14-19)20-16-8-3-2-4-9-16;1-2/h2-14H,1H3;1-2H3. The van der Waals surface area contributed by atoms with Crippen molar-refractivity contribution in [2.75, 3.05) is 0 Å². The highest BCUT2D eigenvalue weighted by Crippen LogP contribution is 2.28. The van der Waals surface area contributed by atoms with Crippen molar-refractivity contribution in [3.63, 3.8) is 0 Å². The van der Waals surface area contributed by atoms with E-state index in [4.69, 9.17) is 9.47 Å². The summed E-state index contributed by atoms with van der Waals surface area (Å²) in [5.74, 6) is 3.15. The largest absolute Gasteiger partial charge is 0.457 e. The zero-order valence-corrected chi connectivity index (χ0v) is 13.8. The highest BCUT2D eigenvalue weighted by molar-refractivity contribution is 5.39. The van der Waals surface area contributed by atoms with Gasteiger partial charge in [-0.25, -0.2) is 0 Å². The average Bonchev–Trinajstić information content (AvgIpc) is 2.58. The number of para-hydroxylation sites is 1. The molecule has 0 saturated heterocycles. The maximum atomic E-state index is 5.86. The van der Waals surface area contributed by atoms with E-state index in [1.54, 1.807) is 0 Å². The molecule has 0 spiro atoms. The minimum Gasteiger partial charge on any atom is -0.457 e. The molecule has 118 valence electrons. The van der Waals surface area contributed by atoms with Gasteiger partial charge in [0.05, 0.1) is 0 Å². The van der Waals surface area contributed by atoms with Gasteiger partial charge in [-0.3, -0.25) is 0 Å². The first-order valence-corrected chi connectivity index (χ1v) is 7.87. The summed E-state index contributed by atoms with van der Waals surface area (Å²) in [4.78, 5) is 0. The zero-order chi connectivity index (χ0) is 16.5. The highest BCUT2D eigenvalue weighted by Gasteiger charge is 2.01. The Morgan fingerprint density at radius 2 is 1.00 bits per heavy atom. The van der Waals surface area contributed by atoms with Crippen LogP contribution in [0.3, 0.4) is 0 Å². The second-order valence-electron chi connectivity index (χ2n) is 4.81. The second kappa shape index (κ2) is 8.64. The van der Waals surface area contributed by atoms with Crippen LogP contribution in [0.15, 0.2) is 78.9 Å². The third-order valence-corrected chi connectivity index (χ3v) is 3.01. The van der Waals surface area contributed by atoms with Gasteiger partial charge < -0.3 is 9.47 Å². The van der Waals surface area contributed by atoms with E-state index in [1.165, 1.54) is 5.56 Å².